The average molecular weight is 425 g/mol. The van der Waals surface area contributed by atoms with Crippen molar-refractivity contribution in [2.24, 2.45) is 0 Å². The van der Waals surface area contributed by atoms with Gasteiger partial charge in [-0.15, -0.1) is 0 Å². The summed E-state index contributed by atoms with van der Waals surface area (Å²) in [5.74, 6) is -0.318. The lowest BCUT2D eigenvalue weighted by Gasteiger charge is -2.25. The van der Waals surface area contributed by atoms with E-state index in [0.717, 1.165) is 0 Å². The lowest BCUT2D eigenvalue weighted by Crippen LogP contribution is -2.31. The van der Waals surface area contributed by atoms with Gasteiger partial charge in [-0.05, 0) is 55.3 Å². The predicted octanol–water partition coefficient (Wildman–Crippen LogP) is 3.55. The maximum atomic E-state index is 13.0. The van der Waals surface area contributed by atoms with Gasteiger partial charge >= 0.3 is 0 Å². The standard InChI is InChI=1S/C24H27NO6/c1-4-31-19-8-5-7-17(15-19)21-20(22(26)16-9-11-18(30-3)12-10-16)23(27)24(28)25(21)13-6-14-29-2/h5,7-12,15,21,26H,4,6,13-14H2,1-3H3/b22-20-. The quantitative estimate of drug-likeness (QED) is 0.286. The van der Waals surface area contributed by atoms with E-state index in [9.17, 15) is 14.7 Å². The summed E-state index contributed by atoms with van der Waals surface area (Å²) in [4.78, 5) is 27.4. The molecule has 1 aliphatic rings. The molecule has 1 unspecified atom stereocenters. The molecule has 0 aliphatic carbocycles. The summed E-state index contributed by atoms with van der Waals surface area (Å²) in [5, 5.41) is 11.0. The van der Waals surface area contributed by atoms with Gasteiger partial charge in [0.05, 0.1) is 25.3 Å². The molecule has 1 fully saturated rings. The SMILES string of the molecule is CCOc1cccc(C2/C(=C(/O)c3ccc(OC)cc3)C(=O)C(=O)N2CCCOC)c1. The predicted molar refractivity (Wildman–Crippen MR) is 116 cm³/mol. The Bertz CT molecular complexity index is 966. The molecule has 164 valence electrons. The highest BCUT2D eigenvalue weighted by Crippen LogP contribution is 2.40. The molecule has 31 heavy (non-hydrogen) atoms. The van der Waals surface area contributed by atoms with E-state index in [4.69, 9.17) is 14.2 Å². The van der Waals surface area contributed by atoms with Crippen molar-refractivity contribution in [3.8, 4) is 11.5 Å². The highest BCUT2D eigenvalue weighted by atomic mass is 16.5. The number of hydrogen-bond donors (Lipinski definition) is 1. The molecule has 1 atom stereocenters. The van der Waals surface area contributed by atoms with Crippen LogP contribution in [-0.2, 0) is 14.3 Å². The van der Waals surface area contributed by atoms with Gasteiger partial charge in [-0.25, -0.2) is 0 Å². The Morgan fingerprint density at radius 1 is 1.06 bits per heavy atom. The monoisotopic (exact) mass is 425 g/mol. The van der Waals surface area contributed by atoms with Crippen molar-refractivity contribution in [2.75, 3.05) is 34.0 Å². The van der Waals surface area contributed by atoms with E-state index >= 15 is 0 Å². The number of rotatable bonds is 9. The van der Waals surface area contributed by atoms with Crippen LogP contribution in [0.3, 0.4) is 0 Å². The number of amides is 1. The largest absolute Gasteiger partial charge is 0.507 e. The number of ketones is 1. The van der Waals surface area contributed by atoms with E-state index in [2.05, 4.69) is 0 Å². The molecule has 1 heterocycles. The number of likely N-dealkylation sites (tertiary alicyclic amines) is 1. The lowest BCUT2D eigenvalue weighted by atomic mass is 9.95. The Labute approximate surface area is 181 Å². The molecular weight excluding hydrogens is 398 g/mol. The van der Waals surface area contributed by atoms with Crippen molar-refractivity contribution >= 4 is 17.4 Å². The summed E-state index contributed by atoms with van der Waals surface area (Å²) >= 11 is 0. The second kappa shape index (κ2) is 10.1. The number of hydrogen-bond acceptors (Lipinski definition) is 6. The Morgan fingerprint density at radius 3 is 2.45 bits per heavy atom. The number of methoxy groups -OCH3 is 2. The van der Waals surface area contributed by atoms with Crippen molar-refractivity contribution in [1.29, 1.82) is 0 Å². The maximum Gasteiger partial charge on any atom is 0.295 e. The van der Waals surface area contributed by atoms with Gasteiger partial charge < -0.3 is 24.2 Å². The number of carbonyl (C=O) groups excluding carboxylic acids is 2. The van der Waals surface area contributed by atoms with Crippen LogP contribution in [0.25, 0.3) is 5.76 Å². The average Bonchev–Trinajstić information content (AvgIpc) is 3.04. The van der Waals surface area contributed by atoms with E-state index in [0.29, 0.717) is 48.8 Å². The van der Waals surface area contributed by atoms with Crippen LogP contribution in [0, 0.1) is 0 Å². The molecule has 0 radical (unpaired) electrons. The zero-order valence-corrected chi connectivity index (χ0v) is 18.0. The number of carbonyl (C=O) groups is 2. The highest BCUT2D eigenvalue weighted by molar-refractivity contribution is 6.46. The van der Waals surface area contributed by atoms with Gasteiger partial charge in [-0.1, -0.05) is 12.1 Å². The normalized spacial score (nSPS) is 17.8. The molecule has 0 aromatic heterocycles. The molecule has 1 aliphatic heterocycles. The lowest BCUT2D eigenvalue weighted by molar-refractivity contribution is -0.140. The third-order valence-electron chi connectivity index (χ3n) is 5.14. The number of ether oxygens (including phenoxy) is 3. The molecule has 2 aromatic rings. The van der Waals surface area contributed by atoms with Gasteiger partial charge in [-0.3, -0.25) is 9.59 Å². The van der Waals surface area contributed by atoms with Gasteiger partial charge in [0.1, 0.15) is 17.3 Å². The van der Waals surface area contributed by atoms with Crippen LogP contribution in [0.4, 0.5) is 0 Å². The Hall–Kier alpha value is -3.32. The highest BCUT2D eigenvalue weighted by Gasteiger charge is 2.45. The number of benzene rings is 2. The maximum absolute atomic E-state index is 13.0. The molecular formula is C24H27NO6. The van der Waals surface area contributed by atoms with Gasteiger partial charge in [-0.2, -0.15) is 0 Å². The number of Topliss-reactive ketones (excluding diaryl/α,β-unsaturated/α-hetero) is 1. The first-order valence-electron chi connectivity index (χ1n) is 10.2. The van der Waals surface area contributed by atoms with E-state index in [1.54, 1.807) is 44.6 Å². The fraction of sp³-hybridized carbons (Fsp3) is 0.333. The van der Waals surface area contributed by atoms with Crippen LogP contribution < -0.4 is 9.47 Å². The van der Waals surface area contributed by atoms with E-state index in [1.165, 1.54) is 4.90 Å². The topological polar surface area (TPSA) is 85.3 Å². The summed E-state index contributed by atoms with van der Waals surface area (Å²) in [7, 11) is 3.13. The summed E-state index contributed by atoms with van der Waals surface area (Å²) in [5.41, 5.74) is 1.18. The second-order valence-corrected chi connectivity index (χ2v) is 7.07. The Morgan fingerprint density at radius 2 is 1.81 bits per heavy atom. The van der Waals surface area contributed by atoms with Crippen LogP contribution in [0.2, 0.25) is 0 Å². The van der Waals surface area contributed by atoms with Gasteiger partial charge in [0.2, 0.25) is 0 Å². The smallest absolute Gasteiger partial charge is 0.295 e. The first-order chi connectivity index (χ1) is 15.0. The number of aliphatic hydroxyl groups excluding tert-OH is 1. The van der Waals surface area contributed by atoms with Crippen molar-refractivity contribution in [1.82, 2.24) is 4.90 Å². The van der Waals surface area contributed by atoms with Crippen LogP contribution in [0.5, 0.6) is 11.5 Å². The second-order valence-electron chi connectivity index (χ2n) is 7.07. The van der Waals surface area contributed by atoms with E-state index < -0.39 is 17.7 Å². The third kappa shape index (κ3) is 4.72. The molecule has 1 amide bonds. The van der Waals surface area contributed by atoms with Crippen molar-refractivity contribution in [3.05, 3.63) is 65.2 Å². The van der Waals surface area contributed by atoms with Gasteiger partial charge in [0.25, 0.3) is 11.7 Å². The molecule has 1 N–H and O–H groups in total. The molecule has 0 bridgehead atoms. The number of aliphatic hydroxyl groups is 1. The van der Waals surface area contributed by atoms with Crippen LogP contribution in [0.1, 0.15) is 30.5 Å². The Balaban J connectivity index is 2.10. The molecule has 1 saturated heterocycles. The summed E-state index contributed by atoms with van der Waals surface area (Å²) in [6.45, 7) is 3.14. The van der Waals surface area contributed by atoms with Gasteiger partial charge in [0, 0.05) is 25.8 Å². The van der Waals surface area contributed by atoms with E-state index in [1.807, 2.05) is 25.1 Å². The van der Waals surface area contributed by atoms with Crippen molar-refractivity contribution in [3.63, 3.8) is 0 Å². The van der Waals surface area contributed by atoms with Crippen LogP contribution in [0.15, 0.2) is 54.1 Å². The fourth-order valence-electron chi connectivity index (χ4n) is 3.68. The Kier molecular flexibility index (Phi) is 7.31. The van der Waals surface area contributed by atoms with E-state index in [-0.39, 0.29) is 11.3 Å². The molecule has 0 saturated carbocycles. The molecule has 2 aromatic carbocycles. The summed E-state index contributed by atoms with van der Waals surface area (Å²) in [6, 6.07) is 13.2. The molecule has 7 nitrogen and oxygen atoms in total. The zero-order valence-electron chi connectivity index (χ0n) is 18.0. The third-order valence-corrected chi connectivity index (χ3v) is 5.14. The molecule has 7 heteroatoms. The fourth-order valence-corrected chi connectivity index (χ4v) is 3.68. The minimum Gasteiger partial charge on any atom is -0.507 e. The van der Waals surface area contributed by atoms with Crippen LogP contribution in [-0.4, -0.2) is 55.7 Å². The first-order valence-corrected chi connectivity index (χ1v) is 10.2. The summed E-state index contributed by atoms with van der Waals surface area (Å²) in [6.07, 6.45) is 0.563. The zero-order chi connectivity index (χ0) is 22.4. The minimum absolute atomic E-state index is 0.0567. The summed E-state index contributed by atoms with van der Waals surface area (Å²) < 4.78 is 15.9. The van der Waals surface area contributed by atoms with Crippen molar-refractivity contribution in [2.45, 2.75) is 19.4 Å². The van der Waals surface area contributed by atoms with Gasteiger partial charge in [0.15, 0.2) is 0 Å². The minimum atomic E-state index is -0.723. The number of nitrogens with zero attached hydrogens (tertiary/aromatic N) is 1. The van der Waals surface area contributed by atoms with Crippen LogP contribution >= 0.6 is 0 Å². The molecule has 0 spiro atoms. The first kappa shape index (κ1) is 22.4. The molecule has 3 rings (SSSR count). The van der Waals surface area contributed by atoms with Crippen molar-refractivity contribution < 1.29 is 28.9 Å².